The number of hydrogen-bond donors (Lipinski definition) is 2. The maximum atomic E-state index is 9.18. The fourth-order valence-electron chi connectivity index (χ4n) is 1.38. The predicted molar refractivity (Wildman–Crippen MR) is 61.7 cm³/mol. The number of thiophene rings is 1. The van der Waals surface area contributed by atoms with Gasteiger partial charge in [0.2, 0.25) is 0 Å². The first-order chi connectivity index (χ1) is 6.59. The van der Waals surface area contributed by atoms with Crippen LogP contribution in [0.25, 0.3) is 0 Å². The first kappa shape index (κ1) is 11.7. The van der Waals surface area contributed by atoms with Crippen LogP contribution in [-0.2, 0) is 0 Å². The van der Waals surface area contributed by atoms with E-state index in [4.69, 9.17) is 0 Å². The lowest BCUT2D eigenvalue weighted by Crippen LogP contribution is -2.44. The van der Waals surface area contributed by atoms with Gasteiger partial charge >= 0.3 is 0 Å². The van der Waals surface area contributed by atoms with E-state index in [0.717, 1.165) is 6.42 Å². The molecule has 1 rings (SSSR count). The van der Waals surface area contributed by atoms with Crippen molar-refractivity contribution in [2.75, 3.05) is 6.61 Å². The average Bonchev–Trinajstić information content (AvgIpc) is 2.67. The molecule has 1 aromatic heterocycles. The molecule has 0 aromatic carbocycles. The van der Waals surface area contributed by atoms with Gasteiger partial charge in [0, 0.05) is 16.5 Å². The second kappa shape index (κ2) is 4.91. The van der Waals surface area contributed by atoms with E-state index in [-0.39, 0.29) is 12.1 Å². The van der Waals surface area contributed by atoms with E-state index in [1.54, 1.807) is 11.3 Å². The molecule has 1 aromatic rings. The summed E-state index contributed by atoms with van der Waals surface area (Å²) in [5, 5.41) is 14.7. The molecular formula is C11H19NOS. The zero-order valence-electron chi connectivity index (χ0n) is 9.08. The highest BCUT2D eigenvalue weighted by molar-refractivity contribution is 7.10. The quantitative estimate of drug-likeness (QED) is 0.788. The summed E-state index contributed by atoms with van der Waals surface area (Å²) in [5.41, 5.74) is -0.204. The molecule has 3 heteroatoms. The van der Waals surface area contributed by atoms with Gasteiger partial charge in [0.15, 0.2) is 0 Å². The van der Waals surface area contributed by atoms with E-state index < -0.39 is 0 Å². The van der Waals surface area contributed by atoms with Gasteiger partial charge < -0.3 is 10.4 Å². The standard InChI is InChI=1S/C11H19NOS/c1-4-9(10-6-5-7-14-10)12-11(2,3)8-13/h5-7,9,12-13H,4,8H2,1-3H3. The molecule has 1 heterocycles. The Morgan fingerprint density at radius 3 is 2.71 bits per heavy atom. The number of aliphatic hydroxyl groups is 1. The zero-order valence-corrected chi connectivity index (χ0v) is 9.90. The van der Waals surface area contributed by atoms with Crippen LogP contribution in [0.15, 0.2) is 17.5 Å². The largest absolute Gasteiger partial charge is 0.394 e. The van der Waals surface area contributed by atoms with Crippen molar-refractivity contribution < 1.29 is 5.11 Å². The molecule has 0 amide bonds. The predicted octanol–water partition coefficient (Wildman–Crippen LogP) is 2.56. The summed E-state index contributed by atoms with van der Waals surface area (Å²) in [6.07, 6.45) is 1.05. The monoisotopic (exact) mass is 213 g/mol. The Bertz CT molecular complexity index is 256. The van der Waals surface area contributed by atoms with Crippen molar-refractivity contribution in [3.8, 4) is 0 Å². The lowest BCUT2D eigenvalue weighted by atomic mass is 10.0. The minimum absolute atomic E-state index is 0.162. The van der Waals surface area contributed by atoms with Gasteiger partial charge in [0.05, 0.1) is 6.61 Å². The van der Waals surface area contributed by atoms with Crippen molar-refractivity contribution in [1.29, 1.82) is 0 Å². The van der Waals surface area contributed by atoms with Crippen LogP contribution in [-0.4, -0.2) is 17.3 Å². The van der Waals surface area contributed by atoms with E-state index in [9.17, 15) is 5.11 Å². The van der Waals surface area contributed by atoms with Gasteiger partial charge in [0.25, 0.3) is 0 Å². The van der Waals surface area contributed by atoms with Crippen molar-refractivity contribution in [2.45, 2.75) is 38.8 Å². The number of aliphatic hydroxyl groups excluding tert-OH is 1. The first-order valence-electron chi connectivity index (χ1n) is 5.01. The third-order valence-electron chi connectivity index (χ3n) is 2.26. The number of rotatable bonds is 5. The summed E-state index contributed by atoms with van der Waals surface area (Å²) in [6.45, 7) is 6.35. The van der Waals surface area contributed by atoms with E-state index in [1.165, 1.54) is 4.88 Å². The van der Waals surface area contributed by atoms with Crippen molar-refractivity contribution in [3.05, 3.63) is 22.4 Å². The summed E-state index contributed by atoms with van der Waals surface area (Å²) in [6, 6.07) is 4.56. The molecule has 0 saturated carbocycles. The second-order valence-corrected chi connectivity index (χ2v) is 5.14. The molecule has 0 fully saturated rings. The first-order valence-corrected chi connectivity index (χ1v) is 5.89. The van der Waals surface area contributed by atoms with Crippen molar-refractivity contribution in [2.24, 2.45) is 0 Å². The molecular weight excluding hydrogens is 194 g/mol. The SMILES string of the molecule is CCC(NC(C)(C)CO)c1cccs1. The van der Waals surface area contributed by atoms with Gasteiger partial charge in [-0.1, -0.05) is 13.0 Å². The van der Waals surface area contributed by atoms with Crippen LogP contribution >= 0.6 is 11.3 Å². The Labute approximate surface area is 90.0 Å². The molecule has 0 saturated heterocycles. The minimum Gasteiger partial charge on any atom is -0.394 e. The van der Waals surface area contributed by atoms with Crippen molar-refractivity contribution in [1.82, 2.24) is 5.32 Å². The van der Waals surface area contributed by atoms with Gasteiger partial charge in [0.1, 0.15) is 0 Å². The molecule has 0 radical (unpaired) electrons. The summed E-state index contributed by atoms with van der Waals surface area (Å²) >= 11 is 1.76. The van der Waals surface area contributed by atoms with Crippen LogP contribution < -0.4 is 5.32 Å². The van der Waals surface area contributed by atoms with Gasteiger partial charge in [-0.15, -0.1) is 11.3 Å². The summed E-state index contributed by atoms with van der Waals surface area (Å²) in [5.74, 6) is 0. The number of hydrogen-bond acceptors (Lipinski definition) is 3. The van der Waals surface area contributed by atoms with E-state index in [1.807, 2.05) is 13.8 Å². The lowest BCUT2D eigenvalue weighted by molar-refractivity contribution is 0.174. The van der Waals surface area contributed by atoms with Crippen LogP contribution in [0.2, 0.25) is 0 Å². The molecule has 0 spiro atoms. The molecule has 2 N–H and O–H groups in total. The number of nitrogens with one attached hydrogen (secondary N) is 1. The van der Waals surface area contributed by atoms with Crippen LogP contribution in [0.5, 0.6) is 0 Å². The van der Waals surface area contributed by atoms with Crippen LogP contribution in [0.3, 0.4) is 0 Å². The molecule has 2 nitrogen and oxygen atoms in total. The van der Waals surface area contributed by atoms with E-state index in [0.29, 0.717) is 6.04 Å². The maximum absolute atomic E-state index is 9.18. The highest BCUT2D eigenvalue weighted by atomic mass is 32.1. The molecule has 0 aliphatic rings. The minimum atomic E-state index is -0.204. The molecule has 0 aliphatic heterocycles. The van der Waals surface area contributed by atoms with Gasteiger partial charge in [-0.2, -0.15) is 0 Å². The molecule has 14 heavy (non-hydrogen) atoms. The van der Waals surface area contributed by atoms with Crippen LogP contribution in [0, 0.1) is 0 Å². The smallest absolute Gasteiger partial charge is 0.0608 e. The summed E-state index contributed by atoms with van der Waals surface area (Å²) in [7, 11) is 0. The third-order valence-corrected chi connectivity index (χ3v) is 3.24. The Kier molecular flexibility index (Phi) is 4.11. The molecule has 0 aliphatic carbocycles. The highest BCUT2D eigenvalue weighted by Gasteiger charge is 2.21. The van der Waals surface area contributed by atoms with E-state index in [2.05, 4.69) is 29.8 Å². The van der Waals surface area contributed by atoms with Gasteiger partial charge in [-0.25, -0.2) is 0 Å². The topological polar surface area (TPSA) is 32.3 Å². The third kappa shape index (κ3) is 3.08. The van der Waals surface area contributed by atoms with Crippen molar-refractivity contribution in [3.63, 3.8) is 0 Å². The molecule has 1 atom stereocenters. The lowest BCUT2D eigenvalue weighted by Gasteiger charge is -2.29. The highest BCUT2D eigenvalue weighted by Crippen LogP contribution is 2.23. The van der Waals surface area contributed by atoms with E-state index >= 15 is 0 Å². The Morgan fingerprint density at radius 2 is 2.29 bits per heavy atom. The Hall–Kier alpha value is -0.380. The fourth-order valence-corrected chi connectivity index (χ4v) is 2.24. The average molecular weight is 213 g/mol. The molecule has 0 bridgehead atoms. The molecule has 1 unspecified atom stereocenters. The van der Waals surface area contributed by atoms with Gasteiger partial charge in [-0.05, 0) is 31.7 Å². The normalized spacial score (nSPS) is 14.3. The van der Waals surface area contributed by atoms with Crippen molar-refractivity contribution >= 4 is 11.3 Å². The maximum Gasteiger partial charge on any atom is 0.0608 e. The Morgan fingerprint density at radius 1 is 1.57 bits per heavy atom. The summed E-state index contributed by atoms with van der Waals surface area (Å²) in [4.78, 5) is 1.34. The van der Waals surface area contributed by atoms with Crippen LogP contribution in [0.1, 0.15) is 38.1 Å². The Balaban J connectivity index is 2.65. The van der Waals surface area contributed by atoms with Crippen LogP contribution in [0.4, 0.5) is 0 Å². The summed E-state index contributed by atoms with van der Waals surface area (Å²) < 4.78 is 0. The fraction of sp³-hybridized carbons (Fsp3) is 0.636. The zero-order chi connectivity index (χ0) is 10.6. The van der Waals surface area contributed by atoms with Gasteiger partial charge in [-0.3, -0.25) is 0 Å². The second-order valence-electron chi connectivity index (χ2n) is 4.16. The molecule has 80 valence electrons.